The van der Waals surface area contributed by atoms with Gasteiger partial charge in [0.05, 0.1) is 0 Å². The van der Waals surface area contributed by atoms with Crippen LogP contribution in [0.15, 0.2) is 30.3 Å². The van der Waals surface area contributed by atoms with Gasteiger partial charge in [0.25, 0.3) is 0 Å². The molecule has 1 aromatic carbocycles. The summed E-state index contributed by atoms with van der Waals surface area (Å²) in [5, 5.41) is 0. The zero-order valence-corrected chi connectivity index (χ0v) is 12.2. The Balaban J connectivity index is 2.48. The van der Waals surface area contributed by atoms with Crippen molar-refractivity contribution in [2.75, 3.05) is 27.1 Å². The summed E-state index contributed by atoms with van der Waals surface area (Å²) in [6.45, 7) is 0. The molecule has 0 heterocycles. The summed E-state index contributed by atoms with van der Waals surface area (Å²) in [6.07, 6.45) is 5.00. The lowest BCUT2D eigenvalue weighted by molar-refractivity contribution is 0.124. The number of hydrogen-bond donors (Lipinski definition) is 1. The Labute approximate surface area is 110 Å². The van der Waals surface area contributed by atoms with E-state index < -0.39 is 8.80 Å². The van der Waals surface area contributed by atoms with Crippen molar-refractivity contribution in [1.29, 1.82) is 0 Å². The Hall–Kier alpha value is -1.14. The molecule has 0 saturated carbocycles. The standard InChI is InChI=1S/C13H21NO3Si/c1-15-18(16-2,17-3)11-5-4-6-12-7-9-13(14)10-8-12/h4,6-10H,5,11,14H2,1-3H3/b6-4+. The highest BCUT2D eigenvalue weighted by Gasteiger charge is 2.36. The summed E-state index contributed by atoms with van der Waals surface area (Å²) in [4.78, 5) is 0. The van der Waals surface area contributed by atoms with Gasteiger partial charge in [0.2, 0.25) is 0 Å². The summed E-state index contributed by atoms with van der Waals surface area (Å²) in [5.41, 5.74) is 7.53. The van der Waals surface area contributed by atoms with Crippen LogP contribution in [0.2, 0.25) is 6.04 Å². The number of anilines is 1. The third-order valence-electron chi connectivity index (χ3n) is 2.80. The van der Waals surface area contributed by atoms with Gasteiger partial charge in [-0.15, -0.1) is 0 Å². The van der Waals surface area contributed by atoms with Crippen LogP contribution in [0.1, 0.15) is 12.0 Å². The molecule has 4 nitrogen and oxygen atoms in total. The van der Waals surface area contributed by atoms with E-state index >= 15 is 0 Å². The van der Waals surface area contributed by atoms with E-state index in [-0.39, 0.29) is 0 Å². The fraction of sp³-hybridized carbons (Fsp3) is 0.385. The largest absolute Gasteiger partial charge is 0.500 e. The molecule has 0 aliphatic rings. The highest BCUT2D eigenvalue weighted by molar-refractivity contribution is 6.60. The molecule has 5 heteroatoms. The zero-order chi connectivity index (χ0) is 13.4. The van der Waals surface area contributed by atoms with Crippen LogP contribution < -0.4 is 5.73 Å². The first kappa shape index (κ1) is 14.9. The van der Waals surface area contributed by atoms with Gasteiger partial charge in [0, 0.05) is 33.1 Å². The molecule has 1 rings (SSSR count). The first-order valence-electron chi connectivity index (χ1n) is 5.83. The van der Waals surface area contributed by atoms with Gasteiger partial charge in [-0.2, -0.15) is 0 Å². The molecule has 18 heavy (non-hydrogen) atoms. The van der Waals surface area contributed by atoms with Crippen LogP contribution in [0.25, 0.3) is 6.08 Å². The second-order valence-corrected chi connectivity index (χ2v) is 6.99. The number of nitrogen functional groups attached to an aromatic ring is 1. The quantitative estimate of drug-likeness (QED) is 0.609. The van der Waals surface area contributed by atoms with Crippen LogP contribution >= 0.6 is 0 Å². The number of nitrogens with two attached hydrogens (primary N) is 1. The molecule has 0 radical (unpaired) electrons. The first-order valence-corrected chi connectivity index (χ1v) is 7.76. The summed E-state index contributed by atoms with van der Waals surface area (Å²) in [6, 6.07) is 8.51. The smallest absolute Gasteiger partial charge is 0.399 e. The molecule has 0 atom stereocenters. The molecule has 0 aliphatic heterocycles. The molecule has 0 unspecified atom stereocenters. The highest BCUT2D eigenvalue weighted by atomic mass is 28.4. The highest BCUT2D eigenvalue weighted by Crippen LogP contribution is 2.16. The third kappa shape index (κ3) is 4.27. The summed E-state index contributed by atoms with van der Waals surface area (Å²) in [5.74, 6) is 0. The van der Waals surface area contributed by atoms with Gasteiger partial charge in [-0.05, 0) is 24.1 Å². The Kier molecular flexibility index (Phi) is 6.07. The molecule has 0 bridgehead atoms. The van der Waals surface area contributed by atoms with E-state index in [1.54, 1.807) is 21.3 Å². The second kappa shape index (κ2) is 7.33. The third-order valence-corrected chi connectivity index (χ3v) is 5.56. The number of allylic oxidation sites excluding steroid dienone is 1. The molecule has 0 aliphatic carbocycles. The molecule has 0 saturated heterocycles. The van der Waals surface area contributed by atoms with E-state index in [4.69, 9.17) is 19.0 Å². The predicted octanol–water partition coefficient (Wildman–Crippen LogP) is 2.55. The van der Waals surface area contributed by atoms with E-state index in [1.165, 1.54) is 0 Å². The monoisotopic (exact) mass is 267 g/mol. The van der Waals surface area contributed by atoms with Gasteiger partial charge < -0.3 is 19.0 Å². The maximum Gasteiger partial charge on any atom is 0.500 e. The maximum atomic E-state index is 5.62. The Morgan fingerprint density at radius 1 is 1.06 bits per heavy atom. The molecular weight excluding hydrogens is 246 g/mol. The molecule has 0 aromatic heterocycles. The minimum atomic E-state index is -2.44. The number of hydrogen-bond acceptors (Lipinski definition) is 4. The van der Waals surface area contributed by atoms with E-state index in [0.29, 0.717) is 0 Å². The van der Waals surface area contributed by atoms with Gasteiger partial charge in [-0.1, -0.05) is 24.3 Å². The normalized spacial score (nSPS) is 12.2. The Morgan fingerprint density at radius 2 is 1.61 bits per heavy atom. The SMILES string of the molecule is CO[Si](CC/C=C/c1ccc(N)cc1)(OC)OC. The maximum absolute atomic E-state index is 5.62. The van der Waals surface area contributed by atoms with E-state index in [0.717, 1.165) is 23.7 Å². The predicted molar refractivity (Wildman–Crippen MR) is 76.1 cm³/mol. The van der Waals surface area contributed by atoms with Crippen LogP contribution in [-0.2, 0) is 13.3 Å². The van der Waals surface area contributed by atoms with E-state index in [1.807, 2.05) is 24.3 Å². The van der Waals surface area contributed by atoms with Crippen molar-refractivity contribution in [2.24, 2.45) is 0 Å². The van der Waals surface area contributed by atoms with E-state index in [9.17, 15) is 0 Å². The lowest BCUT2D eigenvalue weighted by Gasteiger charge is -2.23. The lowest BCUT2D eigenvalue weighted by atomic mass is 10.2. The number of rotatable bonds is 7. The van der Waals surface area contributed by atoms with Crippen LogP contribution in [0.3, 0.4) is 0 Å². The van der Waals surface area contributed by atoms with Crippen LogP contribution in [0.4, 0.5) is 5.69 Å². The molecule has 2 N–H and O–H groups in total. The van der Waals surface area contributed by atoms with Crippen molar-refractivity contribution >= 4 is 20.6 Å². The lowest BCUT2D eigenvalue weighted by Crippen LogP contribution is -2.42. The average molecular weight is 267 g/mol. The van der Waals surface area contributed by atoms with Crippen molar-refractivity contribution in [3.63, 3.8) is 0 Å². The van der Waals surface area contributed by atoms with Gasteiger partial charge >= 0.3 is 8.80 Å². The molecular formula is C13H21NO3Si. The Morgan fingerprint density at radius 3 is 2.11 bits per heavy atom. The van der Waals surface area contributed by atoms with Crippen LogP contribution in [0.5, 0.6) is 0 Å². The van der Waals surface area contributed by atoms with E-state index in [2.05, 4.69) is 12.2 Å². The fourth-order valence-electron chi connectivity index (χ4n) is 1.64. The molecule has 100 valence electrons. The van der Waals surface area contributed by atoms with Crippen LogP contribution in [0, 0.1) is 0 Å². The van der Waals surface area contributed by atoms with Gasteiger partial charge in [0.1, 0.15) is 0 Å². The molecule has 0 fully saturated rings. The van der Waals surface area contributed by atoms with Gasteiger partial charge in [-0.3, -0.25) is 0 Å². The van der Waals surface area contributed by atoms with Gasteiger partial charge in [0.15, 0.2) is 0 Å². The minimum Gasteiger partial charge on any atom is -0.399 e. The van der Waals surface area contributed by atoms with Crippen molar-refractivity contribution in [1.82, 2.24) is 0 Å². The fourth-order valence-corrected chi connectivity index (χ4v) is 3.28. The van der Waals surface area contributed by atoms with Crippen LogP contribution in [-0.4, -0.2) is 30.1 Å². The molecule has 0 spiro atoms. The van der Waals surface area contributed by atoms with Crippen molar-refractivity contribution in [3.05, 3.63) is 35.9 Å². The number of benzene rings is 1. The minimum absolute atomic E-state index is 0.766. The van der Waals surface area contributed by atoms with Crippen molar-refractivity contribution in [2.45, 2.75) is 12.5 Å². The Bertz CT molecular complexity index is 366. The average Bonchev–Trinajstić information content (AvgIpc) is 2.42. The molecule has 0 amide bonds. The van der Waals surface area contributed by atoms with Crippen molar-refractivity contribution in [3.8, 4) is 0 Å². The first-order chi connectivity index (χ1) is 8.65. The zero-order valence-electron chi connectivity index (χ0n) is 11.2. The summed E-state index contributed by atoms with van der Waals surface area (Å²) >= 11 is 0. The summed E-state index contributed by atoms with van der Waals surface area (Å²) < 4.78 is 16.0. The van der Waals surface area contributed by atoms with Gasteiger partial charge in [-0.25, -0.2) is 0 Å². The molecule has 1 aromatic rings. The summed E-state index contributed by atoms with van der Waals surface area (Å²) in [7, 11) is 2.45. The van der Waals surface area contributed by atoms with Crippen molar-refractivity contribution < 1.29 is 13.3 Å². The second-order valence-electron chi connectivity index (χ2n) is 3.90. The topological polar surface area (TPSA) is 53.7 Å².